The van der Waals surface area contributed by atoms with Crippen molar-refractivity contribution in [2.45, 2.75) is 19.5 Å². The normalized spacial score (nSPS) is 17.0. The van der Waals surface area contributed by atoms with E-state index in [4.69, 9.17) is 0 Å². The summed E-state index contributed by atoms with van der Waals surface area (Å²) in [5, 5.41) is 3.88. The van der Waals surface area contributed by atoms with Crippen molar-refractivity contribution in [2.75, 3.05) is 52.1 Å². The summed E-state index contributed by atoms with van der Waals surface area (Å²) in [5.74, 6) is 0.284. The molecule has 2 aromatic heterocycles. The molecule has 1 fully saturated rings. The summed E-state index contributed by atoms with van der Waals surface area (Å²) >= 11 is 0. The first-order valence-electron chi connectivity index (χ1n) is 12.8. The molecule has 4 heterocycles. The maximum absolute atomic E-state index is 12.9. The first-order chi connectivity index (χ1) is 18.3. The van der Waals surface area contributed by atoms with Crippen molar-refractivity contribution < 1.29 is 14.4 Å². The number of aromatic amines is 1. The number of amides is 4. The maximum Gasteiger partial charge on any atom is 0.323 e. The lowest BCUT2D eigenvalue weighted by Crippen LogP contribution is -2.51. The second-order valence-electron chi connectivity index (χ2n) is 10.0. The fourth-order valence-electron chi connectivity index (χ4n) is 4.76. The summed E-state index contributed by atoms with van der Waals surface area (Å²) in [7, 11) is 3.81. The van der Waals surface area contributed by atoms with Crippen LogP contribution in [0.4, 0.5) is 10.6 Å². The van der Waals surface area contributed by atoms with Gasteiger partial charge in [-0.25, -0.2) is 9.78 Å². The van der Waals surface area contributed by atoms with E-state index in [1.165, 1.54) is 11.0 Å². The Balaban J connectivity index is 1.22. The smallest absolute Gasteiger partial charge is 0.323 e. The number of piperazine rings is 1. The number of para-hydroxylation sites is 1. The molecule has 2 aliphatic heterocycles. The number of anilines is 1. The van der Waals surface area contributed by atoms with Gasteiger partial charge >= 0.3 is 6.03 Å². The third kappa shape index (κ3) is 5.40. The Labute approximate surface area is 221 Å². The van der Waals surface area contributed by atoms with Crippen LogP contribution in [0.1, 0.15) is 29.8 Å². The summed E-state index contributed by atoms with van der Waals surface area (Å²) in [4.78, 5) is 53.2. The number of carbonyl (C=O) groups excluding carboxylic acids is 3. The number of rotatable bonds is 6. The molecule has 2 N–H and O–H groups in total. The van der Waals surface area contributed by atoms with Crippen LogP contribution in [0, 0.1) is 0 Å². The minimum atomic E-state index is -0.335. The Bertz CT molecular complexity index is 1360. The highest BCUT2D eigenvalue weighted by Gasteiger charge is 2.28. The Morgan fingerprint density at radius 3 is 2.68 bits per heavy atom. The van der Waals surface area contributed by atoms with Crippen molar-refractivity contribution >= 4 is 40.6 Å². The number of H-pyrrole nitrogens is 1. The Morgan fingerprint density at radius 2 is 1.92 bits per heavy atom. The number of hydrogen-bond donors (Lipinski definition) is 2. The molecular weight excluding hydrogens is 482 g/mol. The second kappa shape index (κ2) is 10.7. The van der Waals surface area contributed by atoms with Gasteiger partial charge in [-0.15, -0.1) is 0 Å². The van der Waals surface area contributed by atoms with Crippen molar-refractivity contribution in [3.63, 3.8) is 0 Å². The molecule has 0 bridgehead atoms. The third-order valence-electron chi connectivity index (χ3n) is 7.39. The lowest BCUT2D eigenvalue weighted by molar-refractivity contribution is -0.133. The van der Waals surface area contributed by atoms with E-state index >= 15 is 0 Å². The molecule has 0 aliphatic carbocycles. The van der Waals surface area contributed by atoms with E-state index in [2.05, 4.69) is 26.3 Å². The Morgan fingerprint density at radius 1 is 1.16 bits per heavy atom. The molecule has 10 nitrogen and oxygen atoms in total. The lowest BCUT2D eigenvalue weighted by Gasteiger charge is -2.35. The van der Waals surface area contributed by atoms with Gasteiger partial charge in [-0.2, -0.15) is 0 Å². The molecule has 1 saturated heterocycles. The Kier molecular flexibility index (Phi) is 7.15. The van der Waals surface area contributed by atoms with Gasteiger partial charge in [-0.1, -0.05) is 18.2 Å². The number of pyridine rings is 1. The van der Waals surface area contributed by atoms with Gasteiger partial charge in [0, 0.05) is 62.3 Å². The predicted octanol–water partition coefficient (Wildman–Crippen LogP) is 2.92. The van der Waals surface area contributed by atoms with Crippen LogP contribution in [0.3, 0.4) is 0 Å². The predicted molar refractivity (Wildman–Crippen MR) is 146 cm³/mol. The maximum atomic E-state index is 12.9. The molecule has 198 valence electrons. The number of urea groups is 1. The van der Waals surface area contributed by atoms with Crippen molar-refractivity contribution in [3.8, 4) is 0 Å². The minimum Gasteiger partial charge on any atom is -0.357 e. The van der Waals surface area contributed by atoms with Crippen LogP contribution >= 0.6 is 0 Å². The zero-order valence-corrected chi connectivity index (χ0v) is 22.0. The van der Waals surface area contributed by atoms with Crippen molar-refractivity contribution in [3.05, 3.63) is 65.5 Å². The van der Waals surface area contributed by atoms with E-state index in [9.17, 15) is 14.4 Å². The number of likely N-dealkylation sites (N-methyl/N-ethyl adjacent to an activating group) is 2. The van der Waals surface area contributed by atoms with E-state index in [0.29, 0.717) is 18.9 Å². The molecule has 1 unspecified atom stereocenters. The molecular formula is C28H33N7O3. The van der Waals surface area contributed by atoms with E-state index in [1.54, 1.807) is 29.1 Å². The summed E-state index contributed by atoms with van der Waals surface area (Å²) in [6.07, 6.45) is 4.87. The first kappa shape index (κ1) is 25.5. The number of carbonyl (C=O) groups is 3. The number of nitrogens with zero attached hydrogens (tertiary/aromatic N) is 5. The quantitative estimate of drug-likeness (QED) is 0.491. The van der Waals surface area contributed by atoms with Gasteiger partial charge < -0.3 is 24.6 Å². The summed E-state index contributed by atoms with van der Waals surface area (Å²) in [6.45, 7) is 5.27. The van der Waals surface area contributed by atoms with E-state index in [0.717, 1.165) is 40.8 Å². The average Bonchev–Trinajstić information content (AvgIpc) is 3.36. The first-order valence-corrected chi connectivity index (χ1v) is 12.8. The van der Waals surface area contributed by atoms with Gasteiger partial charge in [-0.3, -0.25) is 14.9 Å². The summed E-state index contributed by atoms with van der Waals surface area (Å²) in [5.41, 5.74) is 3.54. The summed E-state index contributed by atoms with van der Waals surface area (Å²) < 4.78 is 0. The molecule has 10 heteroatoms. The SMILES string of the molecule is CC(c1cc2ccccc2[nH]1)N(C)C(=O)/C=C/c1cnc2c(c1)CN(CC(=O)N1CCN(C)CC1)C(=O)N2. The van der Waals surface area contributed by atoms with Crippen LogP contribution < -0.4 is 5.32 Å². The zero-order chi connectivity index (χ0) is 26.8. The second-order valence-corrected chi connectivity index (χ2v) is 10.0. The molecule has 38 heavy (non-hydrogen) atoms. The summed E-state index contributed by atoms with van der Waals surface area (Å²) in [6, 6.07) is 11.5. The number of nitrogens with one attached hydrogen (secondary N) is 2. The highest BCUT2D eigenvalue weighted by atomic mass is 16.2. The highest BCUT2D eigenvalue weighted by molar-refractivity contribution is 5.95. The molecule has 3 aromatic rings. The fraction of sp³-hybridized carbons (Fsp3) is 0.357. The topological polar surface area (TPSA) is 105 Å². The van der Waals surface area contributed by atoms with Crippen LogP contribution in [-0.2, 0) is 16.1 Å². The van der Waals surface area contributed by atoms with E-state index in [-0.39, 0.29) is 37.0 Å². The van der Waals surface area contributed by atoms with Crippen LogP contribution in [0.15, 0.2) is 48.7 Å². The van der Waals surface area contributed by atoms with Gasteiger partial charge in [-0.05, 0) is 49.2 Å². The van der Waals surface area contributed by atoms with Gasteiger partial charge in [0.15, 0.2) is 0 Å². The van der Waals surface area contributed by atoms with Crippen molar-refractivity contribution in [1.82, 2.24) is 29.6 Å². The number of aromatic nitrogens is 2. The van der Waals surface area contributed by atoms with Gasteiger partial charge in [0.2, 0.25) is 11.8 Å². The third-order valence-corrected chi connectivity index (χ3v) is 7.39. The van der Waals surface area contributed by atoms with Crippen LogP contribution in [0.5, 0.6) is 0 Å². The number of benzene rings is 1. The van der Waals surface area contributed by atoms with Crippen LogP contribution in [0.25, 0.3) is 17.0 Å². The average molecular weight is 516 g/mol. The van der Waals surface area contributed by atoms with Crippen molar-refractivity contribution in [2.24, 2.45) is 0 Å². The van der Waals surface area contributed by atoms with E-state index in [1.807, 2.05) is 44.3 Å². The standard InChI is InChI=1S/C28H33N7O3/c1-19(24-15-21-6-4-5-7-23(21)30-24)33(3)25(36)9-8-20-14-22-17-35(28(38)31-27(22)29-16-20)18-26(37)34-12-10-32(2)11-13-34/h4-9,14-16,19,30H,10-13,17-18H2,1-3H3,(H,29,31,38)/b9-8+. The van der Waals surface area contributed by atoms with Crippen LogP contribution in [-0.4, -0.2) is 94.2 Å². The van der Waals surface area contributed by atoms with Crippen molar-refractivity contribution in [1.29, 1.82) is 0 Å². The molecule has 5 rings (SSSR count). The fourth-order valence-corrected chi connectivity index (χ4v) is 4.76. The molecule has 4 amide bonds. The molecule has 0 radical (unpaired) electrons. The monoisotopic (exact) mass is 515 g/mol. The van der Waals surface area contributed by atoms with Crippen LogP contribution in [0.2, 0.25) is 0 Å². The highest BCUT2D eigenvalue weighted by Crippen LogP contribution is 2.25. The molecule has 0 spiro atoms. The molecule has 0 saturated carbocycles. The molecule has 1 aromatic carbocycles. The molecule has 1 atom stereocenters. The van der Waals surface area contributed by atoms with E-state index < -0.39 is 0 Å². The minimum absolute atomic E-state index is 0.0178. The van der Waals surface area contributed by atoms with Gasteiger partial charge in [0.1, 0.15) is 12.4 Å². The largest absolute Gasteiger partial charge is 0.357 e. The van der Waals surface area contributed by atoms with Gasteiger partial charge in [0.05, 0.1) is 12.6 Å². The number of hydrogen-bond acceptors (Lipinski definition) is 5. The van der Waals surface area contributed by atoms with Gasteiger partial charge in [0.25, 0.3) is 0 Å². The zero-order valence-electron chi connectivity index (χ0n) is 22.0. The molecule has 2 aliphatic rings. The Hall–Kier alpha value is -4.18. The lowest BCUT2D eigenvalue weighted by atomic mass is 10.1. The number of fused-ring (bicyclic) bond motifs is 2.